The van der Waals surface area contributed by atoms with Crippen LogP contribution < -0.4 is 5.32 Å². The molecule has 1 fully saturated rings. The van der Waals surface area contributed by atoms with Crippen molar-refractivity contribution in [1.82, 2.24) is 10.3 Å². The van der Waals surface area contributed by atoms with Crippen LogP contribution in [0.3, 0.4) is 0 Å². The molecule has 188 valence electrons. The van der Waals surface area contributed by atoms with Gasteiger partial charge in [-0.3, -0.25) is 9.55 Å². The summed E-state index contributed by atoms with van der Waals surface area (Å²) in [6, 6.07) is 8.68. The summed E-state index contributed by atoms with van der Waals surface area (Å²) in [4.78, 5) is 13.5. The van der Waals surface area contributed by atoms with Gasteiger partial charge in [-0.25, -0.2) is 8.78 Å². The minimum absolute atomic E-state index is 0.0575. The Labute approximate surface area is 206 Å². The molecule has 34 heavy (non-hydrogen) atoms. The number of hydrogen-bond acceptors (Lipinski definition) is 5. The maximum Gasteiger partial charge on any atom is 0.316 e. The molecule has 1 unspecified atom stereocenters. The maximum atomic E-state index is 14.6. The van der Waals surface area contributed by atoms with Gasteiger partial charge in [0.2, 0.25) is 0 Å². The molecule has 0 amide bonds. The van der Waals surface area contributed by atoms with Crippen molar-refractivity contribution in [2.45, 2.75) is 74.6 Å². The van der Waals surface area contributed by atoms with Crippen LogP contribution in [0.5, 0.6) is 0 Å². The van der Waals surface area contributed by atoms with Crippen molar-refractivity contribution in [3.05, 3.63) is 59.4 Å². The Morgan fingerprint density at radius 2 is 1.91 bits per heavy atom. The zero-order valence-electron chi connectivity index (χ0n) is 19.5. The fraction of sp³-hybridized carbons (Fsp3) is 0.560. The molecule has 1 aliphatic rings. The van der Waals surface area contributed by atoms with Crippen LogP contribution in [0.2, 0.25) is 0 Å². The Hall–Kier alpha value is -1.31. The zero-order valence-corrected chi connectivity index (χ0v) is 21.3. The molecular weight excluding hydrogens is 477 g/mol. The lowest BCUT2D eigenvalue weighted by atomic mass is 9.66. The van der Waals surface area contributed by atoms with Gasteiger partial charge in [-0.15, -0.1) is 11.8 Å². The molecule has 1 aromatic carbocycles. The monoisotopic (exact) mass is 512 g/mol. The van der Waals surface area contributed by atoms with E-state index in [-0.39, 0.29) is 23.7 Å². The third-order valence-corrected chi connectivity index (χ3v) is 8.02. The molecule has 5 nitrogen and oxygen atoms in total. The SMILES string of the molecule is O=[PH](O)OCCCNCc1cc(F)c(SCCCCC2(c3ccccc3F)CCCCC2)cn1. The first-order valence-electron chi connectivity index (χ1n) is 12.1. The number of thioether (sulfide) groups is 1. The molecule has 0 spiro atoms. The van der Waals surface area contributed by atoms with Crippen molar-refractivity contribution < 1.29 is 22.8 Å². The van der Waals surface area contributed by atoms with Gasteiger partial charge in [-0.2, -0.15) is 0 Å². The van der Waals surface area contributed by atoms with Gasteiger partial charge in [0.25, 0.3) is 0 Å². The highest BCUT2D eigenvalue weighted by molar-refractivity contribution is 7.99. The Morgan fingerprint density at radius 3 is 2.65 bits per heavy atom. The zero-order chi connectivity index (χ0) is 24.2. The second kappa shape index (κ2) is 14.3. The highest BCUT2D eigenvalue weighted by Crippen LogP contribution is 2.44. The quantitative estimate of drug-likeness (QED) is 0.173. The predicted octanol–water partition coefficient (Wildman–Crippen LogP) is 6.40. The number of aromatic nitrogens is 1. The number of pyridine rings is 1. The van der Waals surface area contributed by atoms with E-state index < -0.39 is 8.25 Å². The molecule has 1 saturated carbocycles. The van der Waals surface area contributed by atoms with Gasteiger partial charge in [0.15, 0.2) is 0 Å². The molecule has 3 rings (SSSR count). The Balaban J connectivity index is 1.41. The topological polar surface area (TPSA) is 71.5 Å². The number of nitrogens with zero attached hydrogens (tertiary/aromatic N) is 1. The van der Waals surface area contributed by atoms with Crippen LogP contribution in [0.25, 0.3) is 0 Å². The standard InChI is InChI=1S/C25H35F2N2O3PS/c26-22-10-3-2-9-21(22)25(11-4-1-5-12-25)13-6-7-16-34-24-19-29-20(17-23(24)27)18-28-14-8-15-32-33(30)31/h2-3,9-10,17,19,28,33H,1,4-8,11-16,18H2,(H,30,31). The van der Waals surface area contributed by atoms with E-state index in [0.29, 0.717) is 30.1 Å². The van der Waals surface area contributed by atoms with E-state index in [2.05, 4.69) is 14.8 Å². The average Bonchev–Trinajstić information content (AvgIpc) is 2.83. The van der Waals surface area contributed by atoms with E-state index >= 15 is 0 Å². The number of benzene rings is 1. The van der Waals surface area contributed by atoms with Gasteiger partial charge in [-0.05, 0) is 67.5 Å². The second-order valence-electron chi connectivity index (χ2n) is 8.88. The lowest BCUT2D eigenvalue weighted by molar-refractivity contribution is 0.260. The molecule has 9 heteroatoms. The van der Waals surface area contributed by atoms with Gasteiger partial charge in [0.1, 0.15) is 11.6 Å². The fourth-order valence-corrected chi connectivity index (χ4v) is 5.97. The predicted molar refractivity (Wildman–Crippen MR) is 133 cm³/mol. The van der Waals surface area contributed by atoms with Gasteiger partial charge in [-0.1, -0.05) is 43.9 Å². The summed E-state index contributed by atoms with van der Waals surface area (Å²) in [5.41, 5.74) is 1.43. The molecule has 1 atom stereocenters. The van der Waals surface area contributed by atoms with Crippen molar-refractivity contribution >= 4 is 20.0 Å². The highest BCUT2D eigenvalue weighted by Gasteiger charge is 2.35. The largest absolute Gasteiger partial charge is 0.326 e. The van der Waals surface area contributed by atoms with E-state index in [1.54, 1.807) is 18.3 Å². The number of nitrogens with one attached hydrogen (secondary N) is 1. The van der Waals surface area contributed by atoms with E-state index in [4.69, 9.17) is 4.89 Å². The van der Waals surface area contributed by atoms with Crippen molar-refractivity contribution in [2.24, 2.45) is 0 Å². The van der Waals surface area contributed by atoms with Gasteiger partial charge in [0.05, 0.1) is 17.2 Å². The summed E-state index contributed by atoms with van der Waals surface area (Å²) in [5.74, 6) is 0.448. The summed E-state index contributed by atoms with van der Waals surface area (Å²) in [6.45, 7) is 1.22. The van der Waals surface area contributed by atoms with Crippen LogP contribution in [0.4, 0.5) is 8.78 Å². The van der Waals surface area contributed by atoms with Gasteiger partial charge in [0, 0.05) is 12.7 Å². The van der Waals surface area contributed by atoms with Crippen LogP contribution >= 0.6 is 20.0 Å². The normalized spacial score (nSPS) is 16.4. The summed E-state index contributed by atoms with van der Waals surface area (Å²) in [5, 5.41) is 3.12. The van der Waals surface area contributed by atoms with Crippen molar-refractivity contribution in [3.8, 4) is 0 Å². The van der Waals surface area contributed by atoms with E-state index in [9.17, 15) is 13.3 Å². The highest BCUT2D eigenvalue weighted by atomic mass is 32.2. The smallest absolute Gasteiger partial charge is 0.316 e. The van der Waals surface area contributed by atoms with E-state index in [1.807, 2.05) is 12.1 Å². The molecular formula is C25H35F2N2O3PS. The average molecular weight is 513 g/mol. The first kappa shape index (κ1) is 27.3. The molecule has 2 N–H and O–H groups in total. The first-order valence-corrected chi connectivity index (χ1v) is 14.3. The van der Waals surface area contributed by atoms with Gasteiger partial charge < -0.3 is 14.7 Å². The third-order valence-electron chi connectivity index (χ3n) is 6.47. The second-order valence-corrected chi connectivity index (χ2v) is 10.8. The molecule has 0 saturated heterocycles. The van der Waals surface area contributed by atoms with Crippen LogP contribution in [0.1, 0.15) is 69.0 Å². The van der Waals surface area contributed by atoms with Crippen LogP contribution in [0, 0.1) is 11.6 Å². The molecule has 2 aromatic rings. The van der Waals surface area contributed by atoms with Gasteiger partial charge >= 0.3 is 8.25 Å². The number of hydrogen-bond donors (Lipinski definition) is 2. The van der Waals surface area contributed by atoms with E-state index in [1.165, 1.54) is 24.2 Å². The van der Waals surface area contributed by atoms with Crippen molar-refractivity contribution in [3.63, 3.8) is 0 Å². The molecule has 0 radical (unpaired) electrons. The molecule has 0 aliphatic heterocycles. The van der Waals surface area contributed by atoms with Crippen LogP contribution in [-0.2, 0) is 21.0 Å². The number of rotatable bonds is 14. The summed E-state index contributed by atoms with van der Waals surface area (Å²) < 4.78 is 44.1. The minimum Gasteiger partial charge on any atom is -0.326 e. The third kappa shape index (κ3) is 8.42. The minimum atomic E-state index is -2.88. The Kier molecular flexibility index (Phi) is 11.5. The molecule has 0 bridgehead atoms. The first-order chi connectivity index (χ1) is 16.5. The molecule has 1 heterocycles. The lowest BCUT2D eigenvalue weighted by Gasteiger charge is -2.38. The maximum absolute atomic E-state index is 14.6. The summed E-state index contributed by atoms with van der Waals surface area (Å²) in [6.07, 6.45) is 10.7. The Bertz CT molecular complexity index is 929. The molecule has 1 aromatic heterocycles. The van der Waals surface area contributed by atoms with E-state index in [0.717, 1.165) is 56.3 Å². The number of halogens is 2. The van der Waals surface area contributed by atoms with Crippen LogP contribution in [-0.4, -0.2) is 28.8 Å². The van der Waals surface area contributed by atoms with Crippen molar-refractivity contribution in [2.75, 3.05) is 18.9 Å². The Morgan fingerprint density at radius 1 is 1.12 bits per heavy atom. The van der Waals surface area contributed by atoms with Crippen molar-refractivity contribution in [1.29, 1.82) is 0 Å². The lowest BCUT2D eigenvalue weighted by Crippen LogP contribution is -2.30. The number of unbranched alkanes of at least 4 members (excludes halogenated alkanes) is 1. The van der Waals surface area contributed by atoms with Crippen LogP contribution in [0.15, 0.2) is 41.4 Å². The summed E-state index contributed by atoms with van der Waals surface area (Å²) >= 11 is 1.48. The molecule has 1 aliphatic carbocycles. The summed E-state index contributed by atoms with van der Waals surface area (Å²) in [7, 11) is -2.88. The fourth-order valence-electron chi connectivity index (χ4n) is 4.76.